The van der Waals surface area contributed by atoms with Gasteiger partial charge in [0.25, 0.3) is 0 Å². The third-order valence-corrected chi connectivity index (χ3v) is 3.93. The number of anilines is 1. The molecule has 0 spiro atoms. The molecule has 0 unspecified atom stereocenters. The second-order valence-corrected chi connectivity index (χ2v) is 5.74. The van der Waals surface area contributed by atoms with Crippen LogP contribution in [0.1, 0.15) is 36.9 Å². The van der Waals surface area contributed by atoms with Crippen LogP contribution in [0.4, 0.5) is 10.2 Å². The lowest BCUT2D eigenvalue weighted by Crippen LogP contribution is -2.44. The van der Waals surface area contributed by atoms with Crippen molar-refractivity contribution in [3.63, 3.8) is 0 Å². The van der Waals surface area contributed by atoms with Crippen molar-refractivity contribution < 1.29 is 14.1 Å². The minimum atomic E-state index is -1.47. The average molecular weight is 318 g/mol. The van der Waals surface area contributed by atoms with E-state index in [1.54, 1.807) is 4.68 Å². The minimum absolute atomic E-state index is 0.0138. The van der Waals surface area contributed by atoms with Gasteiger partial charge in [0, 0.05) is 16.5 Å². The van der Waals surface area contributed by atoms with Gasteiger partial charge in [0.1, 0.15) is 11.6 Å². The lowest BCUT2D eigenvalue weighted by atomic mass is 9.83. The van der Waals surface area contributed by atoms with Gasteiger partial charge in [-0.3, -0.25) is 14.9 Å². The fourth-order valence-corrected chi connectivity index (χ4v) is 2.89. The third kappa shape index (κ3) is 2.45. The summed E-state index contributed by atoms with van der Waals surface area (Å²) in [6.45, 7) is 3.79. The van der Waals surface area contributed by atoms with Gasteiger partial charge in [-0.15, -0.1) is 0 Å². The van der Waals surface area contributed by atoms with Gasteiger partial charge in [-0.05, 0) is 31.5 Å². The van der Waals surface area contributed by atoms with E-state index in [9.17, 15) is 19.3 Å². The van der Waals surface area contributed by atoms with Crippen LogP contribution < -0.4 is 5.32 Å². The van der Waals surface area contributed by atoms with E-state index in [0.717, 1.165) is 0 Å². The SMILES string of the molecule is CC(C)n1ncc2c1NC(=O)[C@@H]([N+](=O)[O-])[C@H]2c1ccc(F)cc1. The highest BCUT2D eigenvalue weighted by molar-refractivity contribution is 5.97. The van der Waals surface area contributed by atoms with E-state index in [2.05, 4.69) is 10.4 Å². The number of rotatable bonds is 3. The van der Waals surface area contributed by atoms with Crippen LogP contribution in [0, 0.1) is 15.9 Å². The Kier molecular flexibility index (Phi) is 3.59. The first kappa shape index (κ1) is 15.1. The number of halogens is 1. The molecule has 2 aromatic rings. The molecule has 3 rings (SSSR count). The Bertz CT molecular complexity index is 770. The highest BCUT2D eigenvalue weighted by Crippen LogP contribution is 2.39. The molecule has 1 aromatic carbocycles. The van der Waals surface area contributed by atoms with Crippen LogP contribution in [-0.2, 0) is 4.79 Å². The molecule has 0 aliphatic carbocycles. The Morgan fingerprint density at radius 2 is 2.00 bits per heavy atom. The van der Waals surface area contributed by atoms with Gasteiger partial charge < -0.3 is 5.32 Å². The number of benzene rings is 1. The number of nitro groups is 1. The zero-order valence-corrected chi connectivity index (χ0v) is 12.6. The van der Waals surface area contributed by atoms with Gasteiger partial charge in [-0.25, -0.2) is 9.07 Å². The lowest BCUT2D eigenvalue weighted by Gasteiger charge is -2.27. The van der Waals surface area contributed by atoms with E-state index in [-0.39, 0.29) is 6.04 Å². The predicted molar refractivity (Wildman–Crippen MR) is 80.3 cm³/mol. The normalized spacial score (nSPS) is 20.3. The summed E-state index contributed by atoms with van der Waals surface area (Å²) in [6.07, 6.45) is 1.53. The highest BCUT2D eigenvalue weighted by atomic mass is 19.1. The van der Waals surface area contributed by atoms with Gasteiger partial charge in [0.15, 0.2) is 0 Å². The van der Waals surface area contributed by atoms with E-state index >= 15 is 0 Å². The summed E-state index contributed by atoms with van der Waals surface area (Å²) in [5.41, 5.74) is 1.07. The monoisotopic (exact) mass is 318 g/mol. The van der Waals surface area contributed by atoms with Gasteiger partial charge in [-0.1, -0.05) is 12.1 Å². The van der Waals surface area contributed by atoms with Crippen molar-refractivity contribution in [2.75, 3.05) is 5.32 Å². The number of nitrogens with zero attached hydrogens (tertiary/aromatic N) is 3. The lowest BCUT2D eigenvalue weighted by molar-refractivity contribution is -0.509. The van der Waals surface area contributed by atoms with Crippen molar-refractivity contribution in [2.24, 2.45) is 0 Å². The van der Waals surface area contributed by atoms with Crippen LogP contribution >= 0.6 is 0 Å². The third-order valence-electron chi connectivity index (χ3n) is 3.93. The van der Waals surface area contributed by atoms with E-state index in [1.165, 1.54) is 30.5 Å². The Morgan fingerprint density at radius 3 is 2.57 bits per heavy atom. The first-order chi connectivity index (χ1) is 10.9. The molecule has 120 valence electrons. The van der Waals surface area contributed by atoms with Crippen molar-refractivity contribution in [1.82, 2.24) is 9.78 Å². The van der Waals surface area contributed by atoms with Gasteiger partial charge in [-0.2, -0.15) is 5.10 Å². The van der Waals surface area contributed by atoms with Crippen LogP contribution in [0.2, 0.25) is 0 Å². The van der Waals surface area contributed by atoms with E-state index in [4.69, 9.17) is 0 Å². The molecule has 0 saturated heterocycles. The molecule has 0 saturated carbocycles. The van der Waals surface area contributed by atoms with Crippen molar-refractivity contribution in [3.05, 3.63) is 57.5 Å². The second kappa shape index (κ2) is 5.45. The largest absolute Gasteiger partial charge is 0.305 e. The number of hydrogen-bond acceptors (Lipinski definition) is 4. The van der Waals surface area contributed by atoms with E-state index in [0.29, 0.717) is 16.9 Å². The van der Waals surface area contributed by atoms with Crippen LogP contribution in [0.3, 0.4) is 0 Å². The quantitative estimate of drug-likeness (QED) is 0.694. The number of carbonyl (C=O) groups excluding carboxylic acids is 1. The predicted octanol–water partition coefficient (Wildman–Crippen LogP) is 2.33. The zero-order valence-electron chi connectivity index (χ0n) is 12.6. The second-order valence-electron chi connectivity index (χ2n) is 5.74. The summed E-state index contributed by atoms with van der Waals surface area (Å²) in [7, 11) is 0. The van der Waals surface area contributed by atoms with Crippen molar-refractivity contribution in [2.45, 2.75) is 31.8 Å². The maximum Gasteiger partial charge on any atom is 0.301 e. The summed E-state index contributed by atoms with van der Waals surface area (Å²) >= 11 is 0. The summed E-state index contributed by atoms with van der Waals surface area (Å²) in [5, 5.41) is 18.2. The highest BCUT2D eigenvalue weighted by Gasteiger charge is 2.47. The van der Waals surface area contributed by atoms with Gasteiger partial charge in [0.2, 0.25) is 0 Å². The molecule has 2 heterocycles. The first-order valence-electron chi connectivity index (χ1n) is 7.17. The Labute approximate surface area is 131 Å². The molecule has 1 amide bonds. The molecule has 0 radical (unpaired) electrons. The maximum absolute atomic E-state index is 13.2. The molecule has 1 aliphatic rings. The Hall–Kier alpha value is -2.77. The van der Waals surface area contributed by atoms with Crippen LogP contribution in [0.25, 0.3) is 0 Å². The molecule has 2 atom stereocenters. The molecule has 0 fully saturated rings. The first-order valence-corrected chi connectivity index (χ1v) is 7.17. The molecule has 8 heteroatoms. The summed E-state index contributed by atoms with van der Waals surface area (Å²) < 4.78 is 14.8. The number of amides is 1. The number of aromatic nitrogens is 2. The number of fused-ring (bicyclic) bond motifs is 1. The zero-order chi connectivity index (χ0) is 16.7. The molecule has 0 bridgehead atoms. The van der Waals surface area contributed by atoms with E-state index < -0.39 is 28.6 Å². The fourth-order valence-electron chi connectivity index (χ4n) is 2.89. The van der Waals surface area contributed by atoms with Crippen molar-refractivity contribution in [3.8, 4) is 0 Å². The molecule has 1 aromatic heterocycles. The molecule has 23 heavy (non-hydrogen) atoms. The number of nitrogens with one attached hydrogen (secondary N) is 1. The Balaban J connectivity index is 2.18. The average Bonchev–Trinajstić information content (AvgIpc) is 2.90. The molecule has 1 N–H and O–H groups in total. The molecular weight excluding hydrogens is 303 g/mol. The minimum Gasteiger partial charge on any atom is -0.305 e. The summed E-state index contributed by atoms with van der Waals surface area (Å²) in [5.74, 6) is -1.48. The molecule has 7 nitrogen and oxygen atoms in total. The van der Waals surface area contributed by atoms with E-state index in [1.807, 2.05) is 13.8 Å². The number of hydrogen-bond donors (Lipinski definition) is 1. The van der Waals surface area contributed by atoms with Crippen molar-refractivity contribution >= 4 is 11.7 Å². The summed E-state index contributed by atoms with van der Waals surface area (Å²) in [6, 6.07) is 3.89. The molecular formula is C15H15FN4O3. The standard InChI is InChI=1S/C15H15FN4O3/c1-8(2)19-14-11(7-17-19)12(9-3-5-10(16)6-4-9)13(20(22)23)15(21)18-14/h3-8,12-13H,1-2H3,(H,18,21)/t12-,13-/m0/s1. The van der Waals surface area contributed by atoms with Crippen LogP contribution in [-0.4, -0.2) is 26.7 Å². The van der Waals surface area contributed by atoms with Crippen LogP contribution in [0.15, 0.2) is 30.5 Å². The summed E-state index contributed by atoms with van der Waals surface area (Å²) in [4.78, 5) is 23.1. The van der Waals surface area contributed by atoms with Gasteiger partial charge in [0.05, 0.1) is 12.1 Å². The van der Waals surface area contributed by atoms with Crippen molar-refractivity contribution in [1.29, 1.82) is 0 Å². The molecule has 1 aliphatic heterocycles. The smallest absolute Gasteiger partial charge is 0.301 e. The topological polar surface area (TPSA) is 90.1 Å². The number of carbonyl (C=O) groups is 1. The Morgan fingerprint density at radius 1 is 1.35 bits per heavy atom. The van der Waals surface area contributed by atoms with Gasteiger partial charge >= 0.3 is 11.9 Å². The maximum atomic E-state index is 13.2. The van der Waals surface area contributed by atoms with Crippen LogP contribution in [0.5, 0.6) is 0 Å². The fraction of sp³-hybridized carbons (Fsp3) is 0.333.